The van der Waals surface area contributed by atoms with E-state index in [2.05, 4.69) is 59.9 Å². The van der Waals surface area contributed by atoms with Crippen molar-refractivity contribution < 1.29 is 0 Å². The quantitative estimate of drug-likeness (QED) is 0.605. The van der Waals surface area contributed by atoms with Crippen LogP contribution in [0.2, 0.25) is 0 Å². The molecule has 1 nitrogen and oxygen atoms in total. The van der Waals surface area contributed by atoms with Crippen molar-refractivity contribution in [2.75, 3.05) is 5.32 Å². The molecule has 0 saturated carbocycles. The van der Waals surface area contributed by atoms with Crippen LogP contribution in [0.15, 0.2) is 60.7 Å². The van der Waals surface area contributed by atoms with Crippen molar-refractivity contribution in [1.82, 2.24) is 0 Å². The van der Waals surface area contributed by atoms with E-state index in [1.54, 1.807) is 0 Å². The first kappa shape index (κ1) is 11.6. The Morgan fingerprint density at radius 1 is 0.800 bits per heavy atom. The summed E-state index contributed by atoms with van der Waals surface area (Å²) in [4.78, 5) is 0.815. The predicted molar refractivity (Wildman–Crippen MR) is 88.5 cm³/mol. The molecule has 0 amide bonds. The van der Waals surface area contributed by atoms with Crippen LogP contribution in [0.5, 0.6) is 0 Å². The largest absolute Gasteiger partial charge is 0.346 e. The van der Waals surface area contributed by atoms with Crippen LogP contribution < -0.4 is 5.32 Å². The van der Waals surface area contributed by atoms with Crippen molar-refractivity contribution >= 4 is 33.7 Å². The van der Waals surface area contributed by atoms with Gasteiger partial charge >= 0.3 is 0 Å². The number of nitrogens with one attached hydrogen (secondary N) is 1. The summed E-state index contributed by atoms with van der Waals surface area (Å²) < 4.78 is 0. The molecule has 0 saturated heterocycles. The number of fused-ring (bicyclic) bond motifs is 3. The highest BCUT2D eigenvalue weighted by Crippen LogP contribution is 2.29. The van der Waals surface area contributed by atoms with E-state index in [1.165, 1.54) is 21.9 Å². The van der Waals surface area contributed by atoms with E-state index in [0.717, 1.165) is 22.7 Å². The maximum absolute atomic E-state index is 5.58. The zero-order chi connectivity index (χ0) is 13.5. The number of hydrogen-bond acceptors (Lipinski definition) is 1. The van der Waals surface area contributed by atoms with Gasteiger partial charge in [0, 0.05) is 17.7 Å². The Morgan fingerprint density at radius 3 is 2.35 bits per heavy atom. The van der Waals surface area contributed by atoms with Crippen LogP contribution in [0, 0.1) is 0 Å². The number of hydrogen-bond donors (Lipinski definition) is 1. The summed E-state index contributed by atoms with van der Waals surface area (Å²) in [5.74, 6) is 0. The molecule has 1 N–H and O–H groups in total. The van der Waals surface area contributed by atoms with Gasteiger partial charge in [-0.25, -0.2) is 0 Å². The third-order valence-electron chi connectivity index (χ3n) is 3.86. The van der Waals surface area contributed by atoms with Crippen LogP contribution in [0.25, 0.3) is 10.8 Å². The summed E-state index contributed by atoms with van der Waals surface area (Å²) in [5, 5.41) is 5.88. The minimum atomic E-state index is 0.815. The second-order valence-corrected chi connectivity index (χ2v) is 5.55. The highest BCUT2D eigenvalue weighted by molar-refractivity contribution is 7.81. The fraction of sp³-hybridized carbons (Fsp3) is 0.0556. The summed E-state index contributed by atoms with van der Waals surface area (Å²) in [6.45, 7) is 0. The third-order valence-corrected chi connectivity index (χ3v) is 4.18. The molecule has 0 aliphatic carbocycles. The number of rotatable bonds is 0. The zero-order valence-electron chi connectivity index (χ0n) is 10.9. The SMILES string of the molecule is S=C1Nc2ccccc2Cc2cc3ccccc3cc21. The van der Waals surface area contributed by atoms with Crippen molar-refractivity contribution in [1.29, 1.82) is 0 Å². The molecule has 4 rings (SSSR count). The molecule has 0 radical (unpaired) electrons. The van der Waals surface area contributed by atoms with Gasteiger partial charge in [0.1, 0.15) is 4.99 Å². The molecule has 3 aromatic carbocycles. The fourth-order valence-electron chi connectivity index (χ4n) is 2.84. The van der Waals surface area contributed by atoms with Gasteiger partial charge in [-0.3, -0.25) is 0 Å². The molecule has 1 aliphatic rings. The molecule has 2 heteroatoms. The Kier molecular flexibility index (Phi) is 2.57. The second-order valence-electron chi connectivity index (χ2n) is 5.14. The van der Waals surface area contributed by atoms with Crippen LogP contribution in [-0.4, -0.2) is 4.99 Å². The summed E-state index contributed by atoms with van der Waals surface area (Å²) in [6, 6.07) is 21.3. The van der Waals surface area contributed by atoms with Gasteiger partial charge in [0.2, 0.25) is 0 Å². The maximum atomic E-state index is 5.58. The van der Waals surface area contributed by atoms with Gasteiger partial charge in [-0.15, -0.1) is 0 Å². The standard InChI is InChI=1S/C18H13NS/c20-18-16-11-13-6-2-1-5-12(13)9-15(16)10-14-7-3-4-8-17(14)19-18/h1-9,11H,10H2,(H,19,20). The summed E-state index contributed by atoms with van der Waals surface area (Å²) in [6.07, 6.45) is 0.920. The molecule has 0 unspecified atom stereocenters. The van der Waals surface area contributed by atoms with Gasteiger partial charge in [-0.05, 0) is 34.0 Å². The molecule has 0 fully saturated rings. The number of thiocarbonyl (C=S) groups is 1. The van der Waals surface area contributed by atoms with Crippen LogP contribution in [0.4, 0.5) is 5.69 Å². The number of anilines is 1. The Balaban J connectivity index is 1.97. The lowest BCUT2D eigenvalue weighted by atomic mass is 9.97. The molecule has 1 heterocycles. The van der Waals surface area contributed by atoms with Crippen molar-refractivity contribution in [2.45, 2.75) is 6.42 Å². The predicted octanol–water partition coefficient (Wildman–Crippen LogP) is 4.53. The topological polar surface area (TPSA) is 12.0 Å². The maximum Gasteiger partial charge on any atom is 0.111 e. The summed E-state index contributed by atoms with van der Waals surface area (Å²) >= 11 is 5.58. The lowest BCUT2D eigenvalue weighted by Crippen LogP contribution is -2.10. The van der Waals surface area contributed by atoms with Crippen LogP contribution in [-0.2, 0) is 6.42 Å². The first-order chi connectivity index (χ1) is 9.81. The van der Waals surface area contributed by atoms with Gasteiger partial charge in [0.05, 0.1) is 0 Å². The Hall–Kier alpha value is -2.19. The summed E-state index contributed by atoms with van der Waals surface area (Å²) in [5.41, 5.74) is 4.86. The van der Waals surface area contributed by atoms with Crippen molar-refractivity contribution in [2.24, 2.45) is 0 Å². The van der Waals surface area contributed by atoms with Crippen molar-refractivity contribution in [3.05, 3.63) is 77.4 Å². The second kappa shape index (κ2) is 4.43. The van der Waals surface area contributed by atoms with Gasteiger partial charge < -0.3 is 5.32 Å². The highest BCUT2D eigenvalue weighted by Gasteiger charge is 2.16. The van der Waals surface area contributed by atoms with Gasteiger partial charge in [0.25, 0.3) is 0 Å². The highest BCUT2D eigenvalue weighted by atomic mass is 32.1. The van der Waals surface area contributed by atoms with Crippen LogP contribution >= 0.6 is 12.2 Å². The molecule has 0 aromatic heterocycles. The molecule has 1 aliphatic heterocycles. The number of benzene rings is 3. The van der Waals surface area contributed by atoms with Gasteiger partial charge in [0.15, 0.2) is 0 Å². The molecule has 20 heavy (non-hydrogen) atoms. The van der Waals surface area contributed by atoms with E-state index in [4.69, 9.17) is 12.2 Å². The Labute approximate surface area is 123 Å². The van der Waals surface area contributed by atoms with Crippen molar-refractivity contribution in [3.8, 4) is 0 Å². The smallest absolute Gasteiger partial charge is 0.111 e. The average Bonchev–Trinajstić information content (AvgIpc) is 2.61. The summed E-state index contributed by atoms with van der Waals surface area (Å²) in [7, 11) is 0. The Bertz CT molecular complexity index is 836. The molecule has 0 bridgehead atoms. The van der Waals surface area contributed by atoms with E-state index in [1.807, 2.05) is 6.07 Å². The minimum absolute atomic E-state index is 0.815. The van der Waals surface area contributed by atoms with E-state index in [0.29, 0.717) is 0 Å². The number of para-hydroxylation sites is 1. The lowest BCUT2D eigenvalue weighted by Gasteiger charge is -2.09. The van der Waals surface area contributed by atoms with E-state index in [-0.39, 0.29) is 0 Å². The first-order valence-electron chi connectivity index (χ1n) is 6.72. The Morgan fingerprint density at radius 2 is 1.50 bits per heavy atom. The van der Waals surface area contributed by atoms with E-state index in [9.17, 15) is 0 Å². The molecule has 0 atom stereocenters. The monoisotopic (exact) mass is 275 g/mol. The normalized spacial score (nSPS) is 13.3. The average molecular weight is 275 g/mol. The molecule has 96 valence electrons. The molecule has 3 aromatic rings. The third kappa shape index (κ3) is 1.81. The lowest BCUT2D eigenvalue weighted by molar-refractivity contribution is 1.21. The van der Waals surface area contributed by atoms with E-state index < -0.39 is 0 Å². The molecular weight excluding hydrogens is 262 g/mol. The molecular formula is C18H13NS. The van der Waals surface area contributed by atoms with Crippen LogP contribution in [0.3, 0.4) is 0 Å². The van der Waals surface area contributed by atoms with Crippen LogP contribution in [0.1, 0.15) is 16.7 Å². The van der Waals surface area contributed by atoms with Gasteiger partial charge in [-0.2, -0.15) is 0 Å². The zero-order valence-corrected chi connectivity index (χ0v) is 11.7. The fourth-order valence-corrected chi connectivity index (χ4v) is 3.14. The van der Waals surface area contributed by atoms with Crippen molar-refractivity contribution in [3.63, 3.8) is 0 Å². The first-order valence-corrected chi connectivity index (χ1v) is 7.13. The van der Waals surface area contributed by atoms with Gasteiger partial charge in [-0.1, -0.05) is 60.7 Å². The molecule has 0 spiro atoms. The van der Waals surface area contributed by atoms with E-state index >= 15 is 0 Å². The minimum Gasteiger partial charge on any atom is -0.346 e.